The molecule has 1 N–H and O–H groups in total. The van der Waals surface area contributed by atoms with Gasteiger partial charge in [0.05, 0.1) is 28.8 Å². The standard InChI is InChI=1S/C25H32Cl2N2O4S/c1-4-6-7-8-9-12-33-22-18(26)13-16(14-19(22)27)23(30)28-24-21(25(31)32-5-2)17-10-11-29(3)15-20(17)34-24/h13-14H,4-12,15H2,1-3H3,(H,28,30). The highest BCUT2D eigenvalue weighted by Gasteiger charge is 2.29. The minimum Gasteiger partial charge on any atom is -0.490 e. The van der Waals surface area contributed by atoms with Gasteiger partial charge in [-0.25, -0.2) is 4.79 Å². The number of halogens is 2. The predicted octanol–water partition coefficient (Wildman–Crippen LogP) is 6.82. The summed E-state index contributed by atoms with van der Waals surface area (Å²) >= 11 is 14.2. The fraction of sp³-hybridized carbons (Fsp3) is 0.520. The first-order chi connectivity index (χ1) is 16.3. The molecular formula is C25H32Cl2N2O4S. The zero-order valence-corrected chi connectivity index (χ0v) is 22.3. The fourth-order valence-electron chi connectivity index (χ4n) is 3.92. The lowest BCUT2D eigenvalue weighted by molar-refractivity contribution is 0.0526. The van der Waals surface area contributed by atoms with E-state index in [-0.39, 0.29) is 16.7 Å². The molecule has 1 aliphatic heterocycles. The van der Waals surface area contributed by atoms with E-state index in [2.05, 4.69) is 17.1 Å². The Morgan fingerprint density at radius 1 is 1.12 bits per heavy atom. The first kappa shape index (κ1) is 26.8. The number of hydrogen-bond donors (Lipinski definition) is 1. The van der Waals surface area contributed by atoms with E-state index in [1.165, 1.54) is 30.6 Å². The number of anilines is 1. The molecule has 0 aliphatic carbocycles. The number of nitrogens with zero attached hydrogens (tertiary/aromatic N) is 1. The van der Waals surface area contributed by atoms with Crippen LogP contribution < -0.4 is 10.1 Å². The van der Waals surface area contributed by atoms with Gasteiger partial charge in [-0.05, 0) is 44.5 Å². The van der Waals surface area contributed by atoms with E-state index in [4.69, 9.17) is 32.7 Å². The molecule has 0 unspecified atom stereocenters. The van der Waals surface area contributed by atoms with Gasteiger partial charge in [-0.3, -0.25) is 4.79 Å². The quantitative estimate of drug-likeness (QED) is 0.257. The molecule has 0 spiro atoms. The van der Waals surface area contributed by atoms with Crippen molar-refractivity contribution in [2.45, 2.75) is 58.9 Å². The van der Waals surface area contributed by atoms with E-state index in [9.17, 15) is 9.59 Å². The zero-order chi connectivity index (χ0) is 24.7. The number of benzene rings is 1. The number of nitrogens with one attached hydrogen (secondary N) is 1. The number of carbonyl (C=O) groups is 2. The number of rotatable bonds is 11. The number of thiophene rings is 1. The number of likely N-dealkylation sites (N-methyl/N-ethyl adjacent to an activating group) is 1. The normalized spacial score (nSPS) is 13.4. The minimum atomic E-state index is -0.418. The summed E-state index contributed by atoms with van der Waals surface area (Å²) in [5, 5.41) is 3.94. The number of ether oxygens (including phenoxy) is 2. The van der Waals surface area contributed by atoms with Crippen molar-refractivity contribution in [3.8, 4) is 5.75 Å². The number of carbonyl (C=O) groups excluding carboxylic acids is 2. The molecule has 3 rings (SSSR count). The van der Waals surface area contributed by atoms with Crippen LogP contribution in [0.3, 0.4) is 0 Å². The van der Waals surface area contributed by atoms with Crippen molar-refractivity contribution in [2.24, 2.45) is 0 Å². The molecule has 0 fully saturated rings. The third kappa shape index (κ3) is 6.66. The molecule has 0 saturated heterocycles. The van der Waals surface area contributed by atoms with Gasteiger partial charge in [0, 0.05) is 23.5 Å². The molecule has 186 valence electrons. The van der Waals surface area contributed by atoms with Gasteiger partial charge in [0.1, 0.15) is 5.00 Å². The van der Waals surface area contributed by atoms with Crippen molar-refractivity contribution >= 4 is 51.4 Å². The van der Waals surface area contributed by atoms with Gasteiger partial charge in [-0.1, -0.05) is 55.8 Å². The Balaban J connectivity index is 1.75. The monoisotopic (exact) mass is 526 g/mol. The number of hydrogen-bond acceptors (Lipinski definition) is 6. The third-order valence-corrected chi connectivity index (χ3v) is 7.40. The molecule has 0 radical (unpaired) electrons. The largest absolute Gasteiger partial charge is 0.490 e. The Hall–Kier alpha value is -1.80. The third-order valence-electron chi connectivity index (χ3n) is 5.71. The molecule has 34 heavy (non-hydrogen) atoms. The van der Waals surface area contributed by atoms with Crippen molar-refractivity contribution in [2.75, 3.05) is 32.1 Å². The van der Waals surface area contributed by atoms with Gasteiger partial charge in [-0.2, -0.15) is 0 Å². The van der Waals surface area contributed by atoms with Crippen LogP contribution >= 0.6 is 34.5 Å². The van der Waals surface area contributed by atoms with Crippen LogP contribution in [0.1, 0.15) is 77.1 Å². The van der Waals surface area contributed by atoms with E-state index in [0.29, 0.717) is 28.5 Å². The van der Waals surface area contributed by atoms with Gasteiger partial charge in [0.25, 0.3) is 5.91 Å². The SMILES string of the molecule is CCCCCCCOc1c(Cl)cc(C(=O)Nc2sc3c(c2C(=O)OCC)CCN(C)C3)cc1Cl. The molecule has 2 heterocycles. The number of fused-ring (bicyclic) bond motifs is 1. The number of amides is 1. The Kier molecular flexibility index (Phi) is 10.1. The Morgan fingerprint density at radius 3 is 2.50 bits per heavy atom. The molecule has 0 bridgehead atoms. The van der Waals surface area contributed by atoms with Crippen LogP contribution in [0.2, 0.25) is 10.0 Å². The van der Waals surface area contributed by atoms with E-state index in [0.717, 1.165) is 42.8 Å². The highest BCUT2D eigenvalue weighted by atomic mass is 35.5. The van der Waals surface area contributed by atoms with Crippen LogP contribution in [0.15, 0.2) is 12.1 Å². The maximum absolute atomic E-state index is 13.1. The van der Waals surface area contributed by atoms with Crippen LogP contribution in [0, 0.1) is 0 Å². The lowest BCUT2D eigenvalue weighted by Crippen LogP contribution is -2.26. The summed E-state index contributed by atoms with van der Waals surface area (Å²) in [4.78, 5) is 29.0. The summed E-state index contributed by atoms with van der Waals surface area (Å²) in [5.41, 5.74) is 1.70. The topological polar surface area (TPSA) is 67.9 Å². The van der Waals surface area contributed by atoms with Crippen LogP contribution in [-0.2, 0) is 17.7 Å². The summed E-state index contributed by atoms with van der Waals surface area (Å²) < 4.78 is 11.1. The molecule has 1 aliphatic rings. The molecule has 2 aromatic rings. The van der Waals surface area contributed by atoms with Gasteiger partial charge >= 0.3 is 5.97 Å². The maximum atomic E-state index is 13.1. The second kappa shape index (κ2) is 12.8. The fourth-order valence-corrected chi connectivity index (χ4v) is 5.83. The average Bonchev–Trinajstić information content (AvgIpc) is 3.14. The van der Waals surface area contributed by atoms with E-state index < -0.39 is 11.9 Å². The number of unbranched alkanes of at least 4 members (excludes halogenated alkanes) is 4. The summed E-state index contributed by atoms with van der Waals surface area (Å²) in [6, 6.07) is 3.08. The lowest BCUT2D eigenvalue weighted by atomic mass is 10.0. The Bertz CT molecular complexity index is 1000. The highest BCUT2D eigenvalue weighted by Crippen LogP contribution is 2.39. The van der Waals surface area contributed by atoms with Crippen LogP contribution in [-0.4, -0.2) is 43.6 Å². The first-order valence-corrected chi connectivity index (χ1v) is 13.4. The van der Waals surface area contributed by atoms with E-state index >= 15 is 0 Å². The Labute approximate surface area is 215 Å². The van der Waals surface area contributed by atoms with Crippen molar-refractivity contribution < 1.29 is 19.1 Å². The second-order valence-corrected chi connectivity index (χ2v) is 10.3. The van der Waals surface area contributed by atoms with Crippen molar-refractivity contribution in [1.82, 2.24) is 4.90 Å². The molecule has 0 atom stereocenters. The predicted molar refractivity (Wildman–Crippen MR) is 139 cm³/mol. The molecular weight excluding hydrogens is 495 g/mol. The smallest absolute Gasteiger partial charge is 0.341 e. The zero-order valence-electron chi connectivity index (χ0n) is 20.0. The molecule has 1 aromatic carbocycles. The van der Waals surface area contributed by atoms with E-state index in [1.807, 2.05) is 7.05 Å². The molecule has 1 aromatic heterocycles. The van der Waals surface area contributed by atoms with Gasteiger partial charge < -0.3 is 19.7 Å². The maximum Gasteiger partial charge on any atom is 0.341 e. The summed E-state index contributed by atoms with van der Waals surface area (Å²) in [5.74, 6) is -0.428. The summed E-state index contributed by atoms with van der Waals surface area (Å²) in [7, 11) is 2.03. The van der Waals surface area contributed by atoms with Crippen LogP contribution in [0.4, 0.5) is 5.00 Å². The van der Waals surface area contributed by atoms with Gasteiger partial charge in [-0.15, -0.1) is 11.3 Å². The average molecular weight is 528 g/mol. The summed E-state index contributed by atoms with van der Waals surface area (Å²) in [6.07, 6.45) is 6.32. The lowest BCUT2D eigenvalue weighted by Gasteiger charge is -2.22. The minimum absolute atomic E-state index is 0.266. The molecule has 1 amide bonds. The van der Waals surface area contributed by atoms with Gasteiger partial charge in [0.15, 0.2) is 5.75 Å². The summed E-state index contributed by atoms with van der Waals surface area (Å²) in [6.45, 7) is 6.30. The first-order valence-electron chi connectivity index (χ1n) is 11.8. The molecule has 9 heteroatoms. The second-order valence-electron chi connectivity index (χ2n) is 8.40. The van der Waals surface area contributed by atoms with Crippen molar-refractivity contribution in [1.29, 1.82) is 0 Å². The van der Waals surface area contributed by atoms with Crippen LogP contribution in [0.5, 0.6) is 5.75 Å². The van der Waals surface area contributed by atoms with Gasteiger partial charge in [0.2, 0.25) is 0 Å². The van der Waals surface area contributed by atoms with E-state index in [1.54, 1.807) is 19.1 Å². The molecule has 6 nitrogen and oxygen atoms in total. The molecule has 0 saturated carbocycles. The van der Waals surface area contributed by atoms with Crippen molar-refractivity contribution in [3.05, 3.63) is 43.7 Å². The number of esters is 1. The van der Waals surface area contributed by atoms with Crippen molar-refractivity contribution in [3.63, 3.8) is 0 Å². The Morgan fingerprint density at radius 2 is 1.82 bits per heavy atom. The van der Waals surface area contributed by atoms with Crippen LogP contribution in [0.25, 0.3) is 0 Å². The highest BCUT2D eigenvalue weighted by molar-refractivity contribution is 7.17.